The standard InChI is InChI=1S/C30H23N3S3/c1-4-10-23(11-5-1)30(24-12-6-2-7-13-24,25-14-8-3-9-15-25)36-29-32-27(21-34-29)28-17-16-26(35-28)20-33-19-18-31-22-33/h1-19,21-22H,20H2. The lowest BCUT2D eigenvalue weighted by Gasteiger charge is -2.34. The maximum atomic E-state index is 5.12. The summed E-state index contributed by atoms with van der Waals surface area (Å²) in [6, 6.07) is 36.7. The molecule has 0 N–H and O–H groups in total. The third-order valence-corrected chi connectivity index (χ3v) is 9.62. The van der Waals surface area contributed by atoms with Crippen LogP contribution in [0.5, 0.6) is 0 Å². The molecule has 3 heterocycles. The molecule has 0 bridgehead atoms. The van der Waals surface area contributed by atoms with Crippen molar-refractivity contribution in [2.45, 2.75) is 15.6 Å². The van der Waals surface area contributed by atoms with Crippen molar-refractivity contribution in [3.63, 3.8) is 0 Å². The van der Waals surface area contributed by atoms with Gasteiger partial charge in [-0.25, -0.2) is 9.97 Å². The predicted octanol–water partition coefficient (Wildman–Crippen LogP) is 8.20. The third kappa shape index (κ3) is 4.55. The highest BCUT2D eigenvalue weighted by molar-refractivity contribution is 8.02. The molecule has 0 saturated carbocycles. The molecule has 6 heteroatoms. The monoisotopic (exact) mass is 521 g/mol. The van der Waals surface area contributed by atoms with Gasteiger partial charge in [0.05, 0.1) is 28.2 Å². The summed E-state index contributed by atoms with van der Waals surface area (Å²) in [6.45, 7) is 0.829. The number of nitrogens with zero attached hydrogens (tertiary/aromatic N) is 3. The molecule has 176 valence electrons. The smallest absolute Gasteiger partial charge is 0.152 e. The van der Waals surface area contributed by atoms with E-state index in [-0.39, 0.29) is 0 Å². The molecule has 0 radical (unpaired) electrons. The number of hydrogen-bond donors (Lipinski definition) is 0. The van der Waals surface area contributed by atoms with Gasteiger partial charge < -0.3 is 4.57 Å². The lowest BCUT2D eigenvalue weighted by molar-refractivity contribution is 0.810. The molecule has 6 aromatic rings. The second-order valence-electron chi connectivity index (χ2n) is 8.38. The Bertz CT molecular complexity index is 1430. The second kappa shape index (κ2) is 10.3. The van der Waals surface area contributed by atoms with Crippen LogP contribution in [0.2, 0.25) is 0 Å². The summed E-state index contributed by atoms with van der Waals surface area (Å²) in [6.07, 6.45) is 5.66. The Labute approximate surface area is 223 Å². The highest BCUT2D eigenvalue weighted by Crippen LogP contribution is 2.52. The molecule has 36 heavy (non-hydrogen) atoms. The van der Waals surface area contributed by atoms with Crippen LogP contribution in [0.3, 0.4) is 0 Å². The van der Waals surface area contributed by atoms with Crippen LogP contribution in [-0.2, 0) is 11.3 Å². The molecule has 3 aromatic heterocycles. The molecule has 0 saturated heterocycles. The Morgan fingerprint density at radius 2 is 1.36 bits per heavy atom. The minimum atomic E-state index is -0.416. The van der Waals surface area contributed by atoms with E-state index in [2.05, 4.69) is 118 Å². The van der Waals surface area contributed by atoms with Gasteiger partial charge in [-0.05, 0) is 28.8 Å². The third-order valence-electron chi connectivity index (χ3n) is 6.08. The quantitative estimate of drug-likeness (QED) is 0.149. The van der Waals surface area contributed by atoms with Crippen molar-refractivity contribution in [2.75, 3.05) is 0 Å². The van der Waals surface area contributed by atoms with E-state index in [1.54, 1.807) is 22.7 Å². The van der Waals surface area contributed by atoms with Gasteiger partial charge in [-0.2, -0.15) is 0 Å². The van der Waals surface area contributed by atoms with Gasteiger partial charge in [0.2, 0.25) is 0 Å². The number of thiazole rings is 1. The minimum Gasteiger partial charge on any atom is -0.332 e. The maximum Gasteiger partial charge on any atom is 0.152 e. The van der Waals surface area contributed by atoms with Gasteiger partial charge in [-0.3, -0.25) is 0 Å². The van der Waals surface area contributed by atoms with Gasteiger partial charge in [0.1, 0.15) is 0 Å². The van der Waals surface area contributed by atoms with Crippen LogP contribution < -0.4 is 0 Å². The van der Waals surface area contributed by atoms with E-state index in [9.17, 15) is 0 Å². The fourth-order valence-electron chi connectivity index (χ4n) is 4.40. The first kappa shape index (κ1) is 23.0. The molecular weight excluding hydrogens is 499 g/mol. The summed E-state index contributed by atoms with van der Waals surface area (Å²) in [5.41, 5.74) is 4.75. The van der Waals surface area contributed by atoms with Crippen LogP contribution in [-0.4, -0.2) is 14.5 Å². The van der Waals surface area contributed by atoms with E-state index in [4.69, 9.17) is 4.98 Å². The number of thioether (sulfide) groups is 1. The zero-order valence-corrected chi connectivity index (χ0v) is 21.8. The number of benzene rings is 3. The highest BCUT2D eigenvalue weighted by Gasteiger charge is 2.38. The number of imidazole rings is 1. The zero-order valence-electron chi connectivity index (χ0n) is 19.4. The van der Waals surface area contributed by atoms with E-state index < -0.39 is 4.75 Å². The predicted molar refractivity (Wildman–Crippen MR) is 152 cm³/mol. The molecule has 0 amide bonds. The molecule has 0 spiro atoms. The lowest BCUT2D eigenvalue weighted by atomic mass is 9.84. The van der Waals surface area contributed by atoms with Crippen molar-refractivity contribution in [1.82, 2.24) is 14.5 Å². The van der Waals surface area contributed by atoms with Crippen molar-refractivity contribution in [1.29, 1.82) is 0 Å². The fourth-order valence-corrected chi connectivity index (χ4v) is 7.88. The van der Waals surface area contributed by atoms with Crippen LogP contribution in [0, 0.1) is 0 Å². The van der Waals surface area contributed by atoms with E-state index >= 15 is 0 Å². The van der Waals surface area contributed by atoms with Crippen LogP contribution in [0.4, 0.5) is 0 Å². The van der Waals surface area contributed by atoms with Crippen molar-refractivity contribution in [3.05, 3.63) is 149 Å². The average Bonchev–Trinajstić information content (AvgIpc) is 3.72. The topological polar surface area (TPSA) is 30.7 Å². The highest BCUT2D eigenvalue weighted by atomic mass is 32.2. The Morgan fingerprint density at radius 1 is 0.750 bits per heavy atom. The summed E-state index contributed by atoms with van der Waals surface area (Å²) in [5, 5.41) is 2.18. The van der Waals surface area contributed by atoms with Crippen LogP contribution in [0.15, 0.2) is 132 Å². The van der Waals surface area contributed by atoms with Gasteiger partial charge in [0.15, 0.2) is 4.34 Å². The normalized spacial score (nSPS) is 11.6. The molecule has 0 aliphatic carbocycles. The lowest BCUT2D eigenvalue weighted by Crippen LogP contribution is -2.25. The van der Waals surface area contributed by atoms with Gasteiger partial charge in [0, 0.05) is 22.7 Å². The van der Waals surface area contributed by atoms with Gasteiger partial charge >= 0.3 is 0 Å². The molecule has 0 aliphatic rings. The fraction of sp³-hybridized carbons (Fsp3) is 0.0667. The number of hydrogen-bond acceptors (Lipinski definition) is 5. The summed E-state index contributed by atoms with van der Waals surface area (Å²) in [5.74, 6) is 0. The zero-order chi connectivity index (χ0) is 24.2. The van der Waals surface area contributed by atoms with Crippen LogP contribution in [0.25, 0.3) is 10.6 Å². The first-order valence-electron chi connectivity index (χ1n) is 11.7. The number of thiophene rings is 1. The SMILES string of the molecule is c1ccc(C(Sc2nc(-c3ccc(Cn4ccnc4)s3)cs2)(c2ccccc2)c2ccccc2)cc1. The van der Waals surface area contributed by atoms with Gasteiger partial charge in [0.25, 0.3) is 0 Å². The number of rotatable bonds is 8. The van der Waals surface area contributed by atoms with Crippen molar-refractivity contribution in [3.8, 4) is 10.6 Å². The van der Waals surface area contributed by atoms with Crippen molar-refractivity contribution in [2.24, 2.45) is 0 Å². The maximum absolute atomic E-state index is 5.12. The van der Waals surface area contributed by atoms with E-state index in [0.717, 1.165) is 16.6 Å². The first-order chi connectivity index (χ1) is 17.8. The molecule has 0 aliphatic heterocycles. The minimum absolute atomic E-state index is 0.416. The summed E-state index contributed by atoms with van der Waals surface area (Å²) in [7, 11) is 0. The Hall–Kier alpha value is -3.45. The summed E-state index contributed by atoms with van der Waals surface area (Å²) < 4.78 is 2.72. The van der Waals surface area contributed by atoms with Crippen molar-refractivity contribution >= 4 is 34.4 Å². The molecule has 0 atom stereocenters. The summed E-state index contributed by atoms with van der Waals surface area (Å²) in [4.78, 5) is 11.8. The molecule has 0 unspecified atom stereocenters. The molecule has 0 fully saturated rings. The second-order valence-corrected chi connectivity index (χ2v) is 11.9. The first-order valence-corrected chi connectivity index (χ1v) is 14.2. The van der Waals surface area contributed by atoms with Gasteiger partial charge in [-0.1, -0.05) is 103 Å². The van der Waals surface area contributed by atoms with Crippen LogP contribution >= 0.6 is 34.4 Å². The van der Waals surface area contributed by atoms with Crippen LogP contribution in [0.1, 0.15) is 21.6 Å². The van der Waals surface area contributed by atoms with E-state index in [1.165, 1.54) is 26.4 Å². The van der Waals surface area contributed by atoms with E-state index in [0.29, 0.717) is 0 Å². The number of aromatic nitrogens is 3. The summed E-state index contributed by atoms with van der Waals surface area (Å²) >= 11 is 5.33. The largest absolute Gasteiger partial charge is 0.332 e. The van der Waals surface area contributed by atoms with Crippen molar-refractivity contribution < 1.29 is 0 Å². The molecular formula is C30H23N3S3. The Kier molecular flexibility index (Phi) is 6.55. The molecule has 3 nitrogen and oxygen atoms in total. The molecule has 3 aromatic carbocycles. The van der Waals surface area contributed by atoms with Gasteiger partial charge in [-0.15, -0.1) is 22.7 Å². The Balaban J connectivity index is 1.40. The molecule has 6 rings (SSSR count). The Morgan fingerprint density at radius 3 is 1.92 bits per heavy atom. The average molecular weight is 522 g/mol. The van der Waals surface area contributed by atoms with E-state index in [1.807, 2.05) is 30.5 Å².